The molecular formula is C20H26N4O5. The number of amides is 2. The summed E-state index contributed by atoms with van der Waals surface area (Å²) in [5.74, 6) is 2.03. The first-order valence-corrected chi connectivity index (χ1v) is 9.55. The van der Waals surface area contributed by atoms with Gasteiger partial charge in [0.15, 0.2) is 17.3 Å². The van der Waals surface area contributed by atoms with E-state index < -0.39 is 0 Å². The lowest BCUT2D eigenvalue weighted by Crippen LogP contribution is -2.43. The molecule has 1 aliphatic rings. The Hall–Kier alpha value is -3.10. The first kappa shape index (κ1) is 20.6. The Kier molecular flexibility index (Phi) is 6.69. The quantitative estimate of drug-likeness (QED) is 0.748. The van der Waals surface area contributed by atoms with Gasteiger partial charge in [-0.05, 0) is 37.5 Å². The van der Waals surface area contributed by atoms with E-state index in [4.69, 9.17) is 14.0 Å². The number of ether oxygens (including phenoxy) is 2. The van der Waals surface area contributed by atoms with Gasteiger partial charge in [0, 0.05) is 19.0 Å². The third-order valence-electron chi connectivity index (χ3n) is 5.01. The summed E-state index contributed by atoms with van der Waals surface area (Å²) in [7, 11) is 3.14. The molecule has 1 aliphatic heterocycles. The van der Waals surface area contributed by atoms with Gasteiger partial charge in [0.2, 0.25) is 17.7 Å². The minimum Gasteiger partial charge on any atom is -0.493 e. The van der Waals surface area contributed by atoms with Crippen molar-refractivity contribution in [3.8, 4) is 11.5 Å². The van der Waals surface area contributed by atoms with Gasteiger partial charge in [0.1, 0.15) is 0 Å². The van der Waals surface area contributed by atoms with Crippen LogP contribution in [0.15, 0.2) is 22.7 Å². The Morgan fingerprint density at radius 2 is 1.93 bits per heavy atom. The summed E-state index contributed by atoms with van der Waals surface area (Å²) in [5, 5.41) is 6.52. The number of hydrogen-bond donors (Lipinski definition) is 1. The van der Waals surface area contributed by atoms with Crippen LogP contribution in [0.25, 0.3) is 0 Å². The number of nitrogens with one attached hydrogen (secondary N) is 1. The normalized spacial score (nSPS) is 14.5. The highest BCUT2D eigenvalue weighted by atomic mass is 16.5. The summed E-state index contributed by atoms with van der Waals surface area (Å²) in [4.78, 5) is 30.9. The van der Waals surface area contributed by atoms with Crippen molar-refractivity contribution in [1.29, 1.82) is 0 Å². The van der Waals surface area contributed by atoms with Gasteiger partial charge >= 0.3 is 0 Å². The SMILES string of the molecule is COc1ccc(CC(=O)N2CCC(C(=O)NCc3nc(C)no3)CC2)cc1OC. The monoisotopic (exact) mass is 402 g/mol. The number of aryl methyl sites for hydroxylation is 1. The topological polar surface area (TPSA) is 107 Å². The summed E-state index contributed by atoms with van der Waals surface area (Å²) in [6.07, 6.45) is 1.55. The lowest BCUT2D eigenvalue weighted by molar-refractivity contribution is -0.135. The van der Waals surface area contributed by atoms with E-state index in [2.05, 4.69) is 15.5 Å². The van der Waals surface area contributed by atoms with Gasteiger partial charge in [-0.3, -0.25) is 9.59 Å². The molecule has 1 aromatic heterocycles. The summed E-state index contributed by atoms with van der Waals surface area (Å²) >= 11 is 0. The Morgan fingerprint density at radius 3 is 2.55 bits per heavy atom. The van der Waals surface area contributed by atoms with Crippen molar-refractivity contribution in [3.05, 3.63) is 35.5 Å². The highest BCUT2D eigenvalue weighted by molar-refractivity contribution is 5.81. The van der Waals surface area contributed by atoms with Crippen molar-refractivity contribution in [2.75, 3.05) is 27.3 Å². The fraction of sp³-hybridized carbons (Fsp3) is 0.500. The maximum absolute atomic E-state index is 12.6. The van der Waals surface area contributed by atoms with Crippen molar-refractivity contribution >= 4 is 11.8 Å². The van der Waals surface area contributed by atoms with Crippen LogP contribution in [-0.2, 0) is 22.6 Å². The van der Waals surface area contributed by atoms with Crippen molar-refractivity contribution in [1.82, 2.24) is 20.4 Å². The van der Waals surface area contributed by atoms with E-state index in [1.807, 2.05) is 17.0 Å². The van der Waals surface area contributed by atoms with E-state index in [1.54, 1.807) is 27.2 Å². The average Bonchev–Trinajstić information content (AvgIpc) is 3.17. The van der Waals surface area contributed by atoms with E-state index in [0.29, 0.717) is 49.1 Å². The first-order chi connectivity index (χ1) is 14.0. The summed E-state index contributed by atoms with van der Waals surface area (Å²) in [6.45, 7) is 3.06. The number of carbonyl (C=O) groups excluding carboxylic acids is 2. The van der Waals surface area contributed by atoms with E-state index in [-0.39, 0.29) is 30.7 Å². The molecule has 9 nitrogen and oxygen atoms in total. The minimum absolute atomic E-state index is 0.0393. The fourth-order valence-corrected chi connectivity index (χ4v) is 3.39. The zero-order valence-corrected chi connectivity index (χ0v) is 16.9. The second kappa shape index (κ2) is 9.40. The summed E-state index contributed by atoms with van der Waals surface area (Å²) < 4.78 is 15.5. The maximum atomic E-state index is 12.6. The highest BCUT2D eigenvalue weighted by Crippen LogP contribution is 2.28. The molecule has 2 heterocycles. The van der Waals surface area contributed by atoms with Crippen LogP contribution in [-0.4, -0.2) is 54.2 Å². The lowest BCUT2D eigenvalue weighted by atomic mass is 9.95. The smallest absolute Gasteiger partial charge is 0.246 e. The zero-order chi connectivity index (χ0) is 20.8. The lowest BCUT2D eigenvalue weighted by Gasteiger charge is -2.31. The van der Waals surface area contributed by atoms with Crippen molar-refractivity contribution < 1.29 is 23.6 Å². The van der Waals surface area contributed by atoms with Crippen LogP contribution in [0.2, 0.25) is 0 Å². The van der Waals surface area contributed by atoms with Crippen LogP contribution in [0.5, 0.6) is 11.5 Å². The number of nitrogens with zero attached hydrogens (tertiary/aromatic N) is 3. The second-order valence-corrected chi connectivity index (χ2v) is 6.97. The molecule has 3 rings (SSSR count). The Bertz CT molecular complexity index is 858. The minimum atomic E-state index is -0.121. The number of benzene rings is 1. The van der Waals surface area contributed by atoms with Crippen LogP contribution in [0.3, 0.4) is 0 Å². The number of methoxy groups -OCH3 is 2. The number of rotatable bonds is 7. The van der Waals surface area contributed by atoms with Gasteiger partial charge in [-0.1, -0.05) is 11.2 Å². The molecule has 0 atom stereocenters. The average molecular weight is 402 g/mol. The molecule has 156 valence electrons. The molecule has 0 saturated carbocycles. The molecule has 1 aromatic carbocycles. The highest BCUT2D eigenvalue weighted by Gasteiger charge is 2.27. The van der Waals surface area contributed by atoms with E-state index >= 15 is 0 Å². The number of carbonyl (C=O) groups is 2. The molecule has 2 amide bonds. The first-order valence-electron chi connectivity index (χ1n) is 9.55. The molecule has 0 unspecified atom stereocenters. The van der Waals surface area contributed by atoms with Crippen LogP contribution in [0.4, 0.5) is 0 Å². The number of aromatic nitrogens is 2. The number of hydrogen-bond acceptors (Lipinski definition) is 7. The van der Waals surface area contributed by atoms with Crippen molar-refractivity contribution in [3.63, 3.8) is 0 Å². The second-order valence-electron chi connectivity index (χ2n) is 6.97. The molecular weight excluding hydrogens is 376 g/mol. The largest absolute Gasteiger partial charge is 0.493 e. The number of likely N-dealkylation sites (tertiary alicyclic amines) is 1. The Morgan fingerprint density at radius 1 is 1.21 bits per heavy atom. The molecule has 0 aliphatic carbocycles. The van der Waals surface area contributed by atoms with Crippen LogP contribution >= 0.6 is 0 Å². The standard InChI is InChI=1S/C20H26N4O5/c1-13-22-18(29-23-13)12-21-20(26)15-6-8-24(9-7-15)19(25)11-14-4-5-16(27-2)17(10-14)28-3/h4-5,10,15H,6-9,11-12H2,1-3H3,(H,21,26). The van der Waals surface area contributed by atoms with E-state index in [9.17, 15) is 9.59 Å². The third-order valence-corrected chi connectivity index (χ3v) is 5.01. The third kappa shape index (κ3) is 5.24. The van der Waals surface area contributed by atoms with Gasteiger partial charge in [-0.15, -0.1) is 0 Å². The molecule has 1 saturated heterocycles. The predicted octanol–water partition coefficient (Wildman–Crippen LogP) is 1.49. The van der Waals surface area contributed by atoms with Crippen molar-refractivity contribution in [2.45, 2.75) is 32.7 Å². The molecule has 0 bridgehead atoms. The van der Waals surface area contributed by atoms with Crippen LogP contribution < -0.4 is 14.8 Å². The molecule has 1 N–H and O–H groups in total. The van der Waals surface area contributed by atoms with E-state index in [1.165, 1.54) is 0 Å². The van der Waals surface area contributed by atoms with Gasteiger partial charge in [-0.25, -0.2) is 0 Å². The van der Waals surface area contributed by atoms with Gasteiger partial charge in [-0.2, -0.15) is 4.98 Å². The van der Waals surface area contributed by atoms with Crippen LogP contribution in [0, 0.1) is 12.8 Å². The van der Waals surface area contributed by atoms with Gasteiger partial charge in [0.25, 0.3) is 0 Å². The fourth-order valence-electron chi connectivity index (χ4n) is 3.39. The summed E-state index contributed by atoms with van der Waals surface area (Å²) in [6, 6.07) is 5.47. The molecule has 1 fully saturated rings. The Balaban J connectivity index is 1.47. The molecule has 0 radical (unpaired) electrons. The molecule has 2 aromatic rings. The molecule has 0 spiro atoms. The molecule has 9 heteroatoms. The van der Waals surface area contributed by atoms with Gasteiger partial charge in [0.05, 0.1) is 27.2 Å². The number of piperidine rings is 1. The molecule has 29 heavy (non-hydrogen) atoms. The van der Waals surface area contributed by atoms with E-state index in [0.717, 1.165) is 5.56 Å². The van der Waals surface area contributed by atoms with Crippen LogP contribution in [0.1, 0.15) is 30.1 Å². The van der Waals surface area contributed by atoms with Crippen molar-refractivity contribution in [2.24, 2.45) is 5.92 Å². The van der Waals surface area contributed by atoms with Gasteiger partial charge < -0.3 is 24.2 Å². The Labute approximate surface area is 169 Å². The maximum Gasteiger partial charge on any atom is 0.246 e. The zero-order valence-electron chi connectivity index (χ0n) is 16.9. The summed E-state index contributed by atoms with van der Waals surface area (Å²) in [5.41, 5.74) is 0.863. The predicted molar refractivity (Wildman–Crippen MR) is 103 cm³/mol.